The first-order chi connectivity index (χ1) is 17.5. The number of hydrogen-bond donors (Lipinski definition) is 4. The number of rotatable bonds is 9. The predicted molar refractivity (Wildman–Crippen MR) is 146 cm³/mol. The number of aryl methyl sites for hydroxylation is 1. The van der Waals surface area contributed by atoms with E-state index >= 15 is 0 Å². The van der Waals surface area contributed by atoms with Gasteiger partial charge in [-0.1, -0.05) is 38.1 Å². The molecule has 0 radical (unpaired) electrons. The lowest BCUT2D eigenvalue weighted by Crippen LogP contribution is -2.44. The van der Waals surface area contributed by atoms with Gasteiger partial charge >= 0.3 is 5.97 Å². The van der Waals surface area contributed by atoms with Gasteiger partial charge in [-0.2, -0.15) is 4.72 Å². The molecule has 0 spiro atoms. The van der Waals surface area contributed by atoms with Crippen molar-refractivity contribution in [1.29, 1.82) is 0 Å². The fourth-order valence-corrected chi connectivity index (χ4v) is 5.68. The molecule has 0 unspecified atom stereocenters. The summed E-state index contributed by atoms with van der Waals surface area (Å²) >= 11 is 3.33. The zero-order chi connectivity index (χ0) is 26.9. The predicted octanol–water partition coefficient (Wildman–Crippen LogP) is 5.88. The molecule has 0 aliphatic heterocycles. The molecule has 1 heterocycles. The Kier molecular flexibility index (Phi) is 7.63. The zero-order valence-electron chi connectivity index (χ0n) is 20.4. The van der Waals surface area contributed by atoms with Gasteiger partial charge in [-0.25, -0.2) is 8.42 Å². The highest BCUT2D eigenvalue weighted by atomic mass is 79.9. The summed E-state index contributed by atoms with van der Waals surface area (Å²) < 4.78 is 34.1. The van der Waals surface area contributed by atoms with E-state index in [1.54, 1.807) is 32.0 Å². The summed E-state index contributed by atoms with van der Waals surface area (Å²) in [5.74, 6) is -0.736. The molecule has 0 saturated heterocycles. The number of carboxylic acid groups (broad SMARTS) is 1. The molecule has 3 aromatic carbocycles. The standard InChI is InChI=1S/C27H27BrN2O6S/c1-15(2)25(27(32)33)30-37(34,35)20-10-6-18(7-11-20)17-4-8-19(9-5-17)29-14-23-16(3)24-22(36-23)13-12-21(28)26(24)31/h4-13,15,25,29-31H,14H2,1-3H3,(H,32,33)/t25-/m0/s1. The van der Waals surface area contributed by atoms with Crippen LogP contribution in [-0.4, -0.2) is 30.6 Å². The van der Waals surface area contributed by atoms with Crippen LogP contribution in [0.1, 0.15) is 25.2 Å². The van der Waals surface area contributed by atoms with E-state index in [0.717, 1.165) is 28.1 Å². The minimum atomic E-state index is -3.98. The third-order valence-electron chi connectivity index (χ3n) is 6.17. The van der Waals surface area contributed by atoms with Crippen LogP contribution in [0.2, 0.25) is 0 Å². The van der Waals surface area contributed by atoms with Crippen LogP contribution in [-0.2, 0) is 21.4 Å². The fourth-order valence-electron chi connectivity index (χ4n) is 4.01. The van der Waals surface area contributed by atoms with Crippen LogP contribution < -0.4 is 10.0 Å². The van der Waals surface area contributed by atoms with Gasteiger partial charge in [0.05, 0.1) is 21.3 Å². The molecule has 0 fully saturated rings. The summed E-state index contributed by atoms with van der Waals surface area (Å²) in [7, 11) is -3.98. The molecule has 8 nitrogen and oxygen atoms in total. The second-order valence-corrected chi connectivity index (χ2v) is 11.6. The normalized spacial score (nSPS) is 12.7. The van der Waals surface area contributed by atoms with Crippen molar-refractivity contribution in [3.8, 4) is 16.9 Å². The quantitative estimate of drug-likeness (QED) is 0.193. The van der Waals surface area contributed by atoms with Gasteiger partial charge in [0.15, 0.2) is 0 Å². The first-order valence-electron chi connectivity index (χ1n) is 11.6. The summed E-state index contributed by atoms with van der Waals surface area (Å²) in [5.41, 5.74) is 4.06. The van der Waals surface area contributed by atoms with Crippen LogP contribution in [0.25, 0.3) is 22.1 Å². The zero-order valence-corrected chi connectivity index (χ0v) is 22.9. The fraction of sp³-hybridized carbons (Fsp3) is 0.222. The van der Waals surface area contributed by atoms with E-state index in [2.05, 4.69) is 26.0 Å². The van der Waals surface area contributed by atoms with Crippen LogP contribution in [0.5, 0.6) is 5.75 Å². The van der Waals surface area contributed by atoms with Crippen LogP contribution in [0.15, 0.2) is 74.4 Å². The monoisotopic (exact) mass is 586 g/mol. The van der Waals surface area contributed by atoms with Gasteiger partial charge in [0.2, 0.25) is 10.0 Å². The second kappa shape index (κ2) is 10.6. The van der Waals surface area contributed by atoms with Crippen LogP contribution in [0.4, 0.5) is 5.69 Å². The number of aliphatic carboxylic acids is 1. The molecular weight excluding hydrogens is 560 g/mol. The summed E-state index contributed by atoms with van der Waals surface area (Å²) in [4.78, 5) is 11.4. The number of sulfonamides is 1. The summed E-state index contributed by atoms with van der Waals surface area (Å²) in [6.45, 7) is 5.63. The maximum Gasteiger partial charge on any atom is 0.322 e. The lowest BCUT2D eigenvalue weighted by atomic mass is 10.1. The van der Waals surface area contributed by atoms with Crippen molar-refractivity contribution in [2.24, 2.45) is 5.92 Å². The smallest absolute Gasteiger partial charge is 0.322 e. The average Bonchev–Trinajstić information content (AvgIpc) is 3.19. The van der Waals surface area contributed by atoms with E-state index in [9.17, 15) is 23.4 Å². The molecule has 0 amide bonds. The van der Waals surface area contributed by atoms with E-state index in [-0.39, 0.29) is 10.6 Å². The molecule has 0 aliphatic carbocycles. The number of fused-ring (bicyclic) bond motifs is 1. The number of phenols is 1. The Hall–Kier alpha value is -3.34. The Bertz CT molecular complexity index is 1540. The number of halogens is 1. The van der Waals surface area contributed by atoms with Crippen LogP contribution >= 0.6 is 15.9 Å². The number of furan rings is 1. The topological polar surface area (TPSA) is 129 Å². The minimum Gasteiger partial charge on any atom is -0.506 e. The first-order valence-corrected chi connectivity index (χ1v) is 13.8. The largest absolute Gasteiger partial charge is 0.506 e. The van der Waals surface area contributed by atoms with Gasteiger partial charge in [-0.15, -0.1) is 0 Å². The molecule has 0 aliphatic rings. The Morgan fingerprint density at radius 1 is 1.00 bits per heavy atom. The highest BCUT2D eigenvalue weighted by Crippen LogP contribution is 2.37. The number of anilines is 1. The number of nitrogens with one attached hydrogen (secondary N) is 2. The van der Waals surface area contributed by atoms with Crippen molar-refractivity contribution in [1.82, 2.24) is 4.72 Å². The van der Waals surface area contributed by atoms with E-state index in [4.69, 9.17) is 4.42 Å². The van der Waals surface area contributed by atoms with E-state index < -0.39 is 28.0 Å². The molecule has 10 heteroatoms. The van der Waals surface area contributed by atoms with Gasteiger partial charge in [0.25, 0.3) is 0 Å². The second-order valence-electron chi connectivity index (χ2n) is 9.06. The Morgan fingerprint density at radius 2 is 1.59 bits per heavy atom. The van der Waals surface area contributed by atoms with Crippen molar-refractivity contribution in [3.63, 3.8) is 0 Å². The van der Waals surface area contributed by atoms with E-state index in [1.165, 1.54) is 12.1 Å². The third-order valence-corrected chi connectivity index (χ3v) is 8.26. The van der Waals surface area contributed by atoms with Gasteiger partial charge in [-0.3, -0.25) is 4.79 Å². The lowest BCUT2D eigenvalue weighted by Gasteiger charge is -2.18. The molecule has 4 rings (SSSR count). The van der Waals surface area contributed by atoms with Gasteiger partial charge in [-0.05, 0) is 76.3 Å². The molecule has 194 valence electrons. The molecule has 37 heavy (non-hydrogen) atoms. The maximum atomic E-state index is 12.6. The molecule has 1 atom stereocenters. The van der Waals surface area contributed by atoms with Crippen molar-refractivity contribution >= 4 is 48.6 Å². The van der Waals surface area contributed by atoms with Crippen molar-refractivity contribution in [3.05, 3.63) is 76.5 Å². The van der Waals surface area contributed by atoms with Crippen LogP contribution in [0.3, 0.4) is 0 Å². The summed E-state index contributed by atoms with van der Waals surface area (Å²) in [6, 6.07) is 16.3. The highest BCUT2D eigenvalue weighted by Gasteiger charge is 2.28. The van der Waals surface area contributed by atoms with Crippen molar-refractivity contribution in [2.75, 3.05) is 5.32 Å². The molecule has 0 bridgehead atoms. The summed E-state index contributed by atoms with van der Waals surface area (Å²) in [5, 5.41) is 23.6. The SMILES string of the molecule is Cc1c(CNc2ccc(-c3ccc(S(=O)(=O)N[C@H](C(=O)O)C(C)C)cc3)cc2)oc2ccc(Br)c(O)c12. The Balaban J connectivity index is 1.45. The number of benzene rings is 3. The van der Waals surface area contributed by atoms with Crippen molar-refractivity contribution in [2.45, 2.75) is 38.3 Å². The number of aromatic hydroxyl groups is 1. The molecular formula is C27H27BrN2O6S. The number of carbonyl (C=O) groups is 1. The molecule has 4 N–H and O–H groups in total. The molecule has 1 aromatic heterocycles. The van der Waals surface area contributed by atoms with Crippen molar-refractivity contribution < 1.29 is 27.8 Å². The number of hydrogen-bond acceptors (Lipinski definition) is 6. The number of phenolic OH excluding ortho intramolecular Hbond substituents is 1. The Labute approximate surface area is 223 Å². The average molecular weight is 587 g/mol. The van der Waals surface area contributed by atoms with E-state index in [1.807, 2.05) is 37.3 Å². The van der Waals surface area contributed by atoms with Gasteiger partial charge in [0.1, 0.15) is 23.1 Å². The third kappa shape index (κ3) is 5.66. The van der Waals surface area contributed by atoms with E-state index in [0.29, 0.717) is 22.0 Å². The number of carboxylic acids is 1. The highest BCUT2D eigenvalue weighted by molar-refractivity contribution is 9.10. The van der Waals surface area contributed by atoms with Gasteiger partial charge < -0.3 is 19.9 Å². The lowest BCUT2D eigenvalue weighted by molar-refractivity contribution is -0.140. The molecule has 4 aromatic rings. The maximum absolute atomic E-state index is 12.6. The molecule has 0 saturated carbocycles. The van der Waals surface area contributed by atoms with Crippen LogP contribution in [0, 0.1) is 12.8 Å². The van der Waals surface area contributed by atoms with Gasteiger partial charge in [0, 0.05) is 11.3 Å². The Morgan fingerprint density at radius 3 is 2.16 bits per heavy atom. The minimum absolute atomic E-state index is 0.000655. The first kappa shape index (κ1) is 26.7. The summed E-state index contributed by atoms with van der Waals surface area (Å²) in [6.07, 6.45) is 0.